The molecule has 0 spiro atoms. The van der Waals surface area contributed by atoms with E-state index in [4.69, 9.17) is 4.74 Å². The quantitative estimate of drug-likeness (QED) is 0.666. The van der Waals surface area contributed by atoms with Gasteiger partial charge in [-0.1, -0.05) is 34.1 Å². The van der Waals surface area contributed by atoms with E-state index in [1.54, 1.807) is 11.9 Å². The molecule has 4 nitrogen and oxygen atoms in total. The molecular weight excluding hydrogens is 380 g/mol. The summed E-state index contributed by atoms with van der Waals surface area (Å²) in [5.41, 5.74) is 1.83. The molecule has 134 valence electrons. The first-order valence-corrected chi connectivity index (χ1v) is 8.99. The molecule has 0 atom stereocenters. The molecule has 0 fully saturated rings. The average molecular weight is 405 g/mol. The first kappa shape index (κ1) is 19.4. The zero-order chi connectivity index (χ0) is 18.8. The van der Waals surface area contributed by atoms with Gasteiger partial charge in [0.25, 0.3) is 0 Å². The van der Waals surface area contributed by atoms with E-state index in [0.717, 1.165) is 21.3 Å². The molecule has 0 saturated carbocycles. The van der Waals surface area contributed by atoms with Crippen LogP contribution in [-0.4, -0.2) is 28.6 Å². The van der Waals surface area contributed by atoms with Crippen LogP contribution in [-0.2, 0) is 10.3 Å². The van der Waals surface area contributed by atoms with Crippen molar-refractivity contribution in [3.63, 3.8) is 0 Å². The SMILES string of the molecule is CN(C(=O)OC(C)(C)C)C(C)(C)c1ccc(-c2ccc(Br)cc2)nc1. The van der Waals surface area contributed by atoms with Crippen molar-refractivity contribution >= 4 is 22.0 Å². The van der Waals surface area contributed by atoms with Crippen LogP contribution in [0.3, 0.4) is 0 Å². The Bertz CT molecular complexity index is 732. The fourth-order valence-electron chi connectivity index (χ4n) is 2.30. The minimum atomic E-state index is -0.534. The maximum Gasteiger partial charge on any atom is 0.410 e. The van der Waals surface area contributed by atoms with E-state index in [2.05, 4.69) is 20.9 Å². The third-order valence-corrected chi connectivity index (χ3v) is 4.64. The molecule has 0 aliphatic rings. The molecule has 5 heteroatoms. The first-order valence-electron chi connectivity index (χ1n) is 8.20. The highest BCUT2D eigenvalue weighted by molar-refractivity contribution is 9.10. The van der Waals surface area contributed by atoms with Crippen molar-refractivity contribution in [3.8, 4) is 11.3 Å². The topological polar surface area (TPSA) is 42.4 Å². The van der Waals surface area contributed by atoms with Crippen molar-refractivity contribution in [2.24, 2.45) is 0 Å². The normalized spacial score (nSPS) is 12.0. The maximum absolute atomic E-state index is 12.4. The summed E-state index contributed by atoms with van der Waals surface area (Å²) in [4.78, 5) is 18.6. The van der Waals surface area contributed by atoms with Crippen LogP contribution < -0.4 is 0 Å². The smallest absolute Gasteiger partial charge is 0.410 e. The fraction of sp³-hybridized carbons (Fsp3) is 0.400. The van der Waals surface area contributed by atoms with E-state index in [1.807, 2.05) is 77.2 Å². The van der Waals surface area contributed by atoms with Gasteiger partial charge in [0.05, 0.1) is 11.2 Å². The number of aromatic nitrogens is 1. The van der Waals surface area contributed by atoms with Crippen molar-refractivity contribution < 1.29 is 9.53 Å². The third kappa shape index (κ3) is 4.82. The van der Waals surface area contributed by atoms with Crippen LogP contribution in [0.15, 0.2) is 47.1 Å². The second-order valence-corrected chi connectivity index (χ2v) is 8.45. The van der Waals surface area contributed by atoms with Crippen molar-refractivity contribution in [2.45, 2.75) is 45.8 Å². The summed E-state index contributed by atoms with van der Waals surface area (Å²) >= 11 is 3.44. The van der Waals surface area contributed by atoms with Gasteiger partial charge < -0.3 is 9.64 Å². The molecule has 0 aliphatic heterocycles. The summed E-state index contributed by atoms with van der Waals surface area (Å²) in [7, 11) is 1.75. The Labute approximate surface area is 158 Å². The van der Waals surface area contributed by atoms with Gasteiger partial charge in [-0.2, -0.15) is 0 Å². The number of halogens is 1. The van der Waals surface area contributed by atoms with E-state index in [9.17, 15) is 4.79 Å². The number of ether oxygens (including phenoxy) is 1. The van der Waals surface area contributed by atoms with Gasteiger partial charge in [-0.3, -0.25) is 4.98 Å². The number of pyridine rings is 1. The molecule has 25 heavy (non-hydrogen) atoms. The molecule has 1 amide bonds. The molecule has 0 bridgehead atoms. The Morgan fingerprint density at radius 1 is 1.04 bits per heavy atom. The number of amides is 1. The number of benzene rings is 1. The van der Waals surface area contributed by atoms with Gasteiger partial charge >= 0.3 is 6.09 Å². The Balaban J connectivity index is 2.22. The lowest BCUT2D eigenvalue weighted by Gasteiger charge is -2.36. The molecule has 2 rings (SSSR count). The number of hydrogen-bond acceptors (Lipinski definition) is 3. The number of hydrogen-bond donors (Lipinski definition) is 0. The van der Waals surface area contributed by atoms with Gasteiger partial charge in [0.15, 0.2) is 0 Å². The van der Waals surface area contributed by atoms with Crippen molar-refractivity contribution in [3.05, 3.63) is 52.6 Å². The maximum atomic E-state index is 12.4. The number of rotatable bonds is 3. The molecule has 0 N–H and O–H groups in total. The molecule has 0 unspecified atom stereocenters. The van der Waals surface area contributed by atoms with Crippen LogP contribution in [0.5, 0.6) is 0 Å². The summed E-state index contributed by atoms with van der Waals surface area (Å²) in [5.74, 6) is 0. The summed E-state index contributed by atoms with van der Waals surface area (Å²) in [5, 5.41) is 0. The molecule has 2 aromatic rings. The summed E-state index contributed by atoms with van der Waals surface area (Å²) in [6.07, 6.45) is 1.47. The fourth-order valence-corrected chi connectivity index (χ4v) is 2.56. The zero-order valence-electron chi connectivity index (χ0n) is 15.6. The Hall–Kier alpha value is -1.88. The largest absolute Gasteiger partial charge is 0.444 e. The molecule has 0 aliphatic carbocycles. The van der Waals surface area contributed by atoms with Crippen LogP contribution in [0.25, 0.3) is 11.3 Å². The lowest BCUT2D eigenvalue weighted by atomic mass is 9.94. The van der Waals surface area contributed by atoms with Crippen molar-refractivity contribution in [1.82, 2.24) is 9.88 Å². The molecule has 1 aromatic heterocycles. The second kappa shape index (κ2) is 7.16. The molecule has 1 aromatic carbocycles. The Morgan fingerprint density at radius 2 is 1.64 bits per heavy atom. The number of carbonyl (C=O) groups excluding carboxylic acids is 1. The van der Waals surface area contributed by atoms with Crippen molar-refractivity contribution in [2.75, 3.05) is 7.05 Å². The second-order valence-electron chi connectivity index (χ2n) is 7.54. The van der Waals surface area contributed by atoms with Gasteiger partial charge in [0, 0.05) is 23.3 Å². The van der Waals surface area contributed by atoms with E-state index >= 15 is 0 Å². The number of nitrogens with zero attached hydrogens (tertiary/aromatic N) is 2. The third-order valence-electron chi connectivity index (χ3n) is 4.12. The van der Waals surface area contributed by atoms with Gasteiger partial charge in [-0.25, -0.2) is 4.79 Å². The molecule has 0 saturated heterocycles. The minimum absolute atomic E-state index is 0.352. The lowest BCUT2D eigenvalue weighted by molar-refractivity contribution is 0.0103. The molecule has 0 radical (unpaired) electrons. The minimum Gasteiger partial charge on any atom is -0.444 e. The highest BCUT2D eigenvalue weighted by atomic mass is 79.9. The van der Waals surface area contributed by atoms with Gasteiger partial charge in [0.2, 0.25) is 0 Å². The lowest BCUT2D eigenvalue weighted by Crippen LogP contribution is -2.45. The van der Waals surface area contributed by atoms with Gasteiger partial charge in [-0.15, -0.1) is 0 Å². The van der Waals surface area contributed by atoms with Crippen LogP contribution in [0.4, 0.5) is 4.79 Å². The predicted molar refractivity (Wildman–Crippen MR) is 104 cm³/mol. The average Bonchev–Trinajstić information content (AvgIpc) is 2.53. The van der Waals surface area contributed by atoms with E-state index in [1.165, 1.54) is 0 Å². The summed E-state index contributed by atoms with van der Waals surface area (Å²) < 4.78 is 6.51. The van der Waals surface area contributed by atoms with Crippen LogP contribution in [0.2, 0.25) is 0 Å². The van der Waals surface area contributed by atoms with Crippen molar-refractivity contribution in [1.29, 1.82) is 0 Å². The highest BCUT2D eigenvalue weighted by Gasteiger charge is 2.32. The monoisotopic (exact) mass is 404 g/mol. The summed E-state index contributed by atoms with van der Waals surface area (Å²) in [6.45, 7) is 9.54. The van der Waals surface area contributed by atoms with Gasteiger partial charge in [0.1, 0.15) is 5.60 Å². The molecule has 1 heterocycles. The van der Waals surface area contributed by atoms with Crippen LogP contribution in [0.1, 0.15) is 40.2 Å². The molecular formula is C20H25BrN2O2. The summed E-state index contributed by atoms with van der Waals surface area (Å²) in [6, 6.07) is 12.0. The Morgan fingerprint density at radius 3 is 2.12 bits per heavy atom. The van der Waals surface area contributed by atoms with Crippen LogP contribution in [0, 0.1) is 0 Å². The number of carbonyl (C=O) groups is 1. The van der Waals surface area contributed by atoms with E-state index < -0.39 is 11.1 Å². The van der Waals surface area contributed by atoms with Crippen LogP contribution >= 0.6 is 15.9 Å². The predicted octanol–water partition coefficient (Wildman–Crippen LogP) is 5.61. The van der Waals surface area contributed by atoms with E-state index in [-0.39, 0.29) is 6.09 Å². The standard InChI is InChI=1S/C20H25BrN2O2/c1-19(2,3)25-18(24)23(6)20(4,5)15-9-12-17(22-13-15)14-7-10-16(21)11-8-14/h7-13H,1-6H3. The van der Waals surface area contributed by atoms with Gasteiger partial charge in [-0.05, 0) is 58.4 Å². The first-order chi connectivity index (χ1) is 11.5. The highest BCUT2D eigenvalue weighted by Crippen LogP contribution is 2.29. The Kier molecular flexibility index (Phi) is 5.57. The van der Waals surface area contributed by atoms with E-state index in [0.29, 0.717) is 0 Å². The zero-order valence-corrected chi connectivity index (χ0v) is 17.2.